The summed E-state index contributed by atoms with van der Waals surface area (Å²) in [5.41, 5.74) is 2.66. The number of rotatable bonds is 8. The van der Waals surface area contributed by atoms with E-state index in [9.17, 15) is 9.59 Å². The van der Waals surface area contributed by atoms with Crippen molar-refractivity contribution in [2.75, 3.05) is 6.54 Å². The number of carbonyl (C=O) groups excluding carboxylic acids is 2. The van der Waals surface area contributed by atoms with E-state index in [4.69, 9.17) is 4.74 Å². The van der Waals surface area contributed by atoms with E-state index in [0.717, 1.165) is 54.5 Å². The predicted octanol–water partition coefficient (Wildman–Crippen LogP) is 7.00. The van der Waals surface area contributed by atoms with Crippen molar-refractivity contribution in [3.8, 4) is 5.75 Å². The number of ether oxygens (including phenoxy) is 1. The van der Waals surface area contributed by atoms with Crippen molar-refractivity contribution >= 4 is 24.0 Å². The summed E-state index contributed by atoms with van der Waals surface area (Å²) in [6, 6.07) is 15.8. The molecule has 1 aliphatic heterocycles. The molecule has 0 N–H and O–H groups in total. The molecule has 2 aromatic carbocycles. The van der Waals surface area contributed by atoms with Gasteiger partial charge in [-0.05, 0) is 74.5 Å². The Balaban J connectivity index is 1.26. The van der Waals surface area contributed by atoms with Crippen molar-refractivity contribution in [1.29, 1.82) is 0 Å². The number of Topliss-reactive ketones (excluding diaryl/α,β-unsaturated/α-hetero) is 2. The Hall–Kier alpha value is -3.08. The fourth-order valence-electron chi connectivity index (χ4n) is 6.35. The lowest BCUT2D eigenvalue weighted by atomic mass is 9.77. The number of hydrogen-bond donors (Lipinski definition) is 0. The Bertz CT molecular complexity index is 1210. The van der Waals surface area contributed by atoms with Gasteiger partial charge in [-0.25, -0.2) is 0 Å². The highest BCUT2D eigenvalue weighted by Gasteiger charge is 2.34. The third kappa shape index (κ3) is 6.14. The molecule has 200 valence electrons. The van der Waals surface area contributed by atoms with E-state index in [2.05, 4.69) is 36.8 Å². The number of aliphatic imine (C=N–C) groups is 2. The molecule has 0 spiro atoms. The summed E-state index contributed by atoms with van der Waals surface area (Å²) < 4.78 is 6.44. The highest BCUT2D eigenvalue weighted by Crippen LogP contribution is 2.39. The van der Waals surface area contributed by atoms with Crippen LogP contribution in [0.1, 0.15) is 91.5 Å². The first-order valence-electron chi connectivity index (χ1n) is 14.3. The first-order chi connectivity index (χ1) is 18.4. The van der Waals surface area contributed by atoms with Crippen molar-refractivity contribution in [2.45, 2.75) is 77.4 Å². The molecule has 0 aromatic heterocycles. The molecule has 2 fully saturated rings. The zero-order valence-corrected chi connectivity index (χ0v) is 22.9. The minimum atomic E-state index is 0.0816. The molecule has 0 radical (unpaired) electrons. The topological polar surface area (TPSA) is 68.1 Å². The maximum atomic E-state index is 13.8. The number of carbonyl (C=O) groups is 2. The molecule has 6 atom stereocenters. The Morgan fingerprint density at radius 3 is 2.55 bits per heavy atom. The van der Waals surface area contributed by atoms with Gasteiger partial charge in [0.15, 0.2) is 11.6 Å². The summed E-state index contributed by atoms with van der Waals surface area (Å²) in [7, 11) is 0. The fourth-order valence-corrected chi connectivity index (χ4v) is 6.35. The molecule has 1 heterocycles. The van der Waals surface area contributed by atoms with E-state index in [-0.39, 0.29) is 35.5 Å². The number of ketones is 2. The van der Waals surface area contributed by atoms with Crippen LogP contribution in [0.2, 0.25) is 0 Å². The first kappa shape index (κ1) is 26.5. The van der Waals surface area contributed by atoms with E-state index in [0.29, 0.717) is 30.7 Å². The second-order valence-electron chi connectivity index (χ2n) is 11.7. The Labute approximate surface area is 226 Å². The van der Waals surface area contributed by atoms with Crippen LogP contribution in [0.4, 0.5) is 0 Å². The van der Waals surface area contributed by atoms with Crippen LogP contribution in [-0.4, -0.2) is 42.7 Å². The van der Waals surface area contributed by atoms with Crippen LogP contribution < -0.4 is 4.74 Å². The van der Waals surface area contributed by atoms with Crippen LogP contribution in [0.25, 0.3) is 0 Å². The van der Waals surface area contributed by atoms with E-state index in [1.54, 1.807) is 12.4 Å². The number of hydrogen-bond acceptors (Lipinski definition) is 5. The Morgan fingerprint density at radius 1 is 0.921 bits per heavy atom. The molecule has 5 heteroatoms. The standard InChI is InChI=1S/C33H40N2O3/c1-21-11-14-27(38-26-8-6-7-25(18-26)33(37)24-12-13-24)17-22(2)30(21)19-32(36)29-10-5-4-9-28(29)31-20-34-15-16-35-23(31)3/h4-10,15-16,18,21-24,27,30-31H,11-14,17,19-20H2,1-3H3. The molecular weight excluding hydrogens is 472 g/mol. The van der Waals surface area contributed by atoms with Crippen molar-refractivity contribution in [1.82, 2.24) is 0 Å². The van der Waals surface area contributed by atoms with Gasteiger partial charge in [0, 0.05) is 48.4 Å². The van der Waals surface area contributed by atoms with Gasteiger partial charge < -0.3 is 4.74 Å². The minimum absolute atomic E-state index is 0.0816. The van der Waals surface area contributed by atoms with Crippen LogP contribution in [0.5, 0.6) is 5.75 Å². The highest BCUT2D eigenvalue weighted by atomic mass is 16.5. The molecule has 0 saturated heterocycles. The molecule has 0 bridgehead atoms. The van der Waals surface area contributed by atoms with Gasteiger partial charge in [0.1, 0.15) is 5.75 Å². The molecule has 38 heavy (non-hydrogen) atoms. The lowest BCUT2D eigenvalue weighted by Crippen LogP contribution is -2.25. The van der Waals surface area contributed by atoms with E-state index in [1.165, 1.54) is 0 Å². The molecule has 2 saturated carbocycles. The van der Waals surface area contributed by atoms with E-state index < -0.39 is 0 Å². The Morgan fingerprint density at radius 2 is 1.74 bits per heavy atom. The third-order valence-electron chi connectivity index (χ3n) is 8.87. The van der Waals surface area contributed by atoms with Crippen molar-refractivity contribution in [2.24, 2.45) is 33.7 Å². The zero-order valence-electron chi connectivity index (χ0n) is 22.9. The maximum absolute atomic E-state index is 13.8. The summed E-state index contributed by atoms with van der Waals surface area (Å²) in [4.78, 5) is 35.4. The van der Waals surface area contributed by atoms with Gasteiger partial charge in [-0.3, -0.25) is 19.6 Å². The maximum Gasteiger partial charge on any atom is 0.166 e. The second-order valence-corrected chi connectivity index (χ2v) is 11.7. The van der Waals surface area contributed by atoms with Gasteiger partial charge >= 0.3 is 0 Å². The van der Waals surface area contributed by atoms with Crippen molar-refractivity contribution in [3.05, 3.63) is 65.2 Å². The first-order valence-corrected chi connectivity index (χ1v) is 14.3. The lowest BCUT2D eigenvalue weighted by Gasteiger charge is -2.28. The third-order valence-corrected chi connectivity index (χ3v) is 8.87. The molecule has 2 aliphatic carbocycles. The van der Waals surface area contributed by atoms with Gasteiger partial charge in [0.25, 0.3) is 0 Å². The van der Waals surface area contributed by atoms with Crippen molar-refractivity contribution < 1.29 is 14.3 Å². The molecule has 0 amide bonds. The number of benzene rings is 2. The van der Waals surface area contributed by atoms with Crippen LogP contribution in [0, 0.1) is 23.7 Å². The summed E-state index contributed by atoms with van der Waals surface area (Å²) >= 11 is 0. The molecule has 6 unspecified atom stereocenters. The molecule has 3 aliphatic rings. The number of nitrogens with zero attached hydrogens (tertiary/aromatic N) is 2. The SMILES string of the molecule is CC1CCC(Oc2cccc(C(=O)C3CC3)c2)CC(C)C1CC(=O)c1ccccc1C1CN=CC=NC1C. The second kappa shape index (κ2) is 11.8. The smallest absolute Gasteiger partial charge is 0.166 e. The van der Waals surface area contributed by atoms with E-state index >= 15 is 0 Å². The van der Waals surface area contributed by atoms with Crippen LogP contribution in [0.3, 0.4) is 0 Å². The largest absolute Gasteiger partial charge is 0.490 e. The van der Waals surface area contributed by atoms with Crippen LogP contribution >= 0.6 is 0 Å². The summed E-state index contributed by atoms with van der Waals surface area (Å²) in [6.45, 7) is 7.30. The van der Waals surface area contributed by atoms with Gasteiger partial charge in [0.05, 0.1) is 12.1 Å². The quantitative estimate of drug-likeness (QED) is 0.282. The molecule has 5 rings (SSSR count). The minimum Gasteiger partial charge on any atom is -0.490 e. The average molecular weight is 513 g/mol. The molecule has 2 aromatic rings. The normalized spacial score (nSPS) is 29.3. The van der Waals surface area contributed by atoms with Gasteiger partial charge in [0.2, 0.25) is 0 Å². The fraction of sp³-hybridized carbons (Fsp3) is 0.515. The predicted molar refractivity (Wildman–Crippen MR) is 153 cm³/mol. The summed E-state index contributed by atoms with van der Waals surface area (Å²) in [5, 5.41) is 0. The van der Waals surface area contributed by atoms with E-state index in [1.807, 2.05) is 42.5 Å². The van der Waals surface area contributed by atoms with Crippen molar-refractivity contribution in [3.63, 3.8) is 0 Å². The lowest BCUT2D eigenvalue weighted by molar-refractivity contribution is 0.0910. The van der Waals surface area contributed by atoms with Crippen LogP contribution in [-0.2, 0) is 0 Å². The average Bonchev–Trinajstić information content (AvgIpc) is 3.78. The van der Waals surface area contributed by atoms with Crippen LogP contribution in [0.15, 0.2) is 58.5 Å². The van der Waals surface area contributed by atoms with Gasteiger partial charge in [-0.15, -0.1) is 0 Å². The summed E-state index contributed by atoms with van der Waals surface area (Å²) in [6.07, 6.45) is 9.08. The van der Waals surface area contributed by atoms with Gasteiger partial charge in [-0.2, -0.15) is 0 Å². The van der Waals surface area contributed by atoms with Gasteiger partial charge in [-0.1, -0.05) is 50.2 Å². The monoisotopic (exact) mass is 512 g/mol. The molecular formula is C33H40N2O3. The highest BCUT2D eigenvalue weighted by molar-refractivity contribution is 6.16. The summed E-state index contributed by atoms with van der Waals surface area (Å²) in [5.74, 6) is 2.66. The Kier molecular flexibility index (Phi) is 8.21. The molecule has 5 nitrogen and oxygen atoms in total. The zero-order chi connectivity index (χ0) is 26.6.